The van der Waals surface area contributed by atoms with Crippen LogP contribution in [0.1, 0.15) is 43.9 Å². The van der Waals surface area contributed by atoms with Gasteiger partial charge in [-0.25, -0.2) is 4.98 Å². The third-order valence-electron chi connectivity index (χ3n) is 5.30. The molecule has 0 amide bonds. The van der Waals surface area contributed by atoms with Gasteiger partial charge in [0, 0.05) is 23.4 Å². The molecule has 4 rings (SSSR count). The second-order valence-electron chi connectivity index (χ2n) is 7.20. The van der Waals surface area contributed by atoms with E-state index < -0.39 is 0 Å². The molecule has 2 aromatic rings. The standard InChI is InChI=1S/C17H25N5/c1-10(2)14-9-19-22-15(6-11(3)20-17(14)22)21-16-12-4-5-13(16)8-18-7-12/h6,9-10,12-13,16,18,21H,4-5,7-8H2,1-3H3. The summed E-state index contributed by atoms with van der Waals surface area (Å²) in [6.45, 7) is 8.73. The van der Waals surface area contributed by atoms with E-state index in [1.807, 2.05) is 10.7 Å². The van der Waals surface area contributed by atoms with Crippen molar-refractivity contribution in [2.24, 2.45) is 11.8 Å². The van der Waals surface area contributed by atoms with E-state index in [2.05, 4.69) is 42.6 Å². The maximum Gasteiger partial charge on any atom is 0.160 e. The highest BCUT2D eigenvalue weighted by molar-refractivity contribution is 5.55. The van der Waals surface area contributed by atoms with Gasteiger partial charge in [0.1, 0.15) is 5.82 Å². The molecule has 0 aromatic carbocycles. The number of rotatable bonds is 3. The number of fused-ring (bicyclic) bond motifs is 3. The minimum Gasteiger partial charge on any atom is -0.367 e. The number of aromatic nitrogens is 3. The fraction of sp³-hybridized carbons (Fsp3) is 0.647. The number of anilines is 1. The van der Waals surface area contributed by atoms with E-state index in [-0.39, 0.29) is 0 Å². The van der Waals surface area contributed by atoms with Crippen LogP contribution in [0.5, 0.6) is 0 Å². The molecule has 2 bridgehead atoms. The SMILES string of the molecule is Cc1cc(NC2C3CCC2CNC3)n2ncc(C(C)C)c2n1. The molecule has 2 aromatic heterocycles. The van der Waals surface area contributed by atoms with Crippen LogP contribution in [0, 0.1) is 18.8 Å². The monoisotopic (exact) mass is 299 g/mol. The molecule has 0 radical (unpaired) electrons. The van der Waals surface area contributed by atoms with Crippen LogP contribution in [0.2, 0.25) is 0 Å². The highest BCUT2D eigenvalue weighted by atomic mass is 15.3. The van der Waals surface area contributed by atoms with Gasteiger partial charge in [-0.1, -0.05) is 13.8 Å². The quantitative estimate of drug-likeness (QED) is 0.914. The number of piperidine rings is 1. The molecule has 2 unspecified atom stereocenters. The van der Waals surface area contributed by atoms with Gasteiger partial charge in [-0.3, -0.25) is 0 Å². The molecule has 5 nitrogen and oxygen atoms in total. The Bertz CT molecular complexity index is 674. The lowest BCUT2D eigenvalue weighted by Gasteiger charge is -2.32. The largest absolute Gasteiger partial charge is 0.367 e. The van der Waals surface area contributed by atoms with Gasteiger partial charge in [0.25, 0.3) is 0 Å². The van der Waals surface area contributed by atoms with E-state index in [1.165, 1.54) is 18.4 Å². The summed E-state index contributed by atoms with van der Waals surface area (Å²) in [7, 11) is 0. The molecule has 2 aliphatic rings. The summed E-state index contributed by atoms with van der Waals surface area (Å²) < 4.78 is 1.99. The van der Waals surface area contributed by atoms with E-state index in [4.69, 9.17) is 4.98 Å². The van der Waals surface area contributed by atoms with Crippen LogP contribution >= 0.6 is 0 Å². The van der Waals surface area contributed by atoms with E-state index in [1.54, 1.807) is 0 Å². The van der Waals surface area contributed by atoms with Crippen LogP contribution in [0.25, 0.3) is 5.65 Å². The Kier molecular flexibility index (Phi) is 3.33. The fourth-order valence-electron chi connectivity index (χ4n) is 4.10. The van der Waals surface area contributed by atoms with Gasteiger partial charge in [0.2, 0.25) is 0 Å². The molecule has 5 heteroatoms. The molecule has 118 valence electrons. The first-order valence-electron chi connectivity index (χ1n) is 8.46. The second-order valence-corrected chi connectivity index (χ2v) is 7.20. The number of aryl methyl sites for hydroxylation is 1. The molecule has 1 saturated carbocycles. The minimum atomic E-state index is 0.440. The summed E-state index contributed by atoms with van der Waals surface area (Å²) in [6, 6.07) is 2.70. The highest BCUT2D eigenvalue weighted by Gasteiger charge is 2.39. The topological polar surface area (TPSA) is 54.2 Å². The molecule has 1 saturated heterocycles. The third-order valence-corrected chi connectivity index (χ3v) is 5.30. The first-order valence-corrected chi connectivity index (χ1v) is 8.46. The average Bonchev–Trinajstić information content (AvgIpc) is 2.97. The van der Waals surface area contributed by atoms with Crippen LogP contribution in [0.15, 0.2) is 12.3 Å². The lowest BCUT2D eigenvalue weighted by molar-refractivity contribution is 0.341. The number of hydrogen-bond acceptors (Lipinski definition) is 4. The van der Waals surface area contributed by atoms with Crippen molar-refractivity contribution in [2.75, 3.05) is 18.4 Å². The van der Waals surface area contributed by atoms with Crippen LogP contribution < -0.4 is 10.6 Å². The number of hydrogen-bond donors (Lipinski definition) is 2. The molecule has 2 atom stereocenters. The van der Waals surface area contributed by atoms with E-state index in [0.717, 1.165) is 42.1 Å². The minimum absolute atomic E-state index is 0.440. The molecule has 2 fully saturated rings. The Morgan fingerprint density at radius 2 is 2.00 bits per heavy atom. The molecular weight excluding hydrogens is 274 g/mol. The van der Waals surface area contributed by atoms with Gasteiger partial charge in [-0.05, 0) is 50.6 Å². The van der Waals surface area contributed by atoms with Crippen molar-refractivity contribution in [1.82, 2.24) is 19.9 Å². The molecule has 22 heavy (non-hydrogen) atoms. The predicted molar refractivity (Wildman–Crippen MR) is 88.3 cm³/mol. The lowest BCUT2D eigenvalue weighted by atomic mass is 9.93. The van der Waals surface area contributed by atoms with Gasteiger partial charge < -0.3 is 10.6 Å². The third kappa shape index (κ3) is 2.19. The smallest absolute Gasteiger partial charge is 0.160 e. The maximum absolute atomic E-state index is 4.71. The summed E-state index contributed by atoms with van der Waals surface area (Å²) in [4.78, 5) is 4.71. The molecule has 1 aliphatic heterocycles. The Morgan fingerprint density at radius 3 is 2.68 bits per heavy atom. The van der Waals surface area contributed by atoms with Gasteiger partial charge in [-0.15, -0.1) is 0 Å². The first-order chi connectivity index (χ1) is 10.6. The van der Waals surface area contributed by atoms with Crippen LogP contribution in [-0.4, -0.2) is 33.7 Å². The Balaban J connectivity index is 1.72. The van der Waals surface area contributed by atoms with Crippen LogP contribution in [-0.2, 0) is 0 Å². The van der Waals surface area contributed by atoms with Crippen LogP contribution in [0.4, 0.5) is 5.82 Å². The van der Waals surface area contributed by atoms with Crippen molar-refractivity contribution in [3.63, 3.8) is 0 Å². The predicted octanol–water partition coefficient (Wildman–Crippen LogP) is 2.57. The number of nitrogens with zero attached hydrogens (tertiary/aromatic N) is 3. The average molecular weight is 299 g/mol. The zero-order chi connectivity index (χ0) is 15.3. The van der Waals surface area contributed by atoms with Crippen molar-refractivity contribution in [2.45, 2.75) is 45.6 Å². The van der Waals surface area contributed by atoms with Crippen molar-refractivity contribution in [3.05, 3.63) is 23.5 Å². The zero-order valence-corrected chi connectivity index (χ0v) is 13.6. The van der Waals surface area contributed by atoms with Gasteiger partial charge in [0.15, 0.2) is 5.65 Å². The lowest BCUT2D eigenvalue weighted by Crippen LogP contribution is -2.45. The molecule has 1 aliphatic carbocycles. The zero-order valence-electron chi connectivity index (χ0n) is 13.6. The normalized spacial score (nSPS) is 27.7. The fourth-order valence-corrected chi connectivity index (χ4v) is 4.10. The van der Waals surface area contributed by atoms with E-state index in [9.17, 15) is 0 Å². The number of nitrogens with one attached hydrogen (secondary N) is 2. The summed E-state index contributed by atoms with van der Waals surface area (Å²) in [5.41, 5.74) is 3.28. The van der Waals surface area contributed by atoms with Crippen molar-refractivity contribution in [3.8, 4) is 0 Å². The Morgan fingerprint density at radius 1 is 1.27 bits per heavy atom. The van der Waals surface area contributed by atoms with Gasteiger partial charge in [0.05, 0.1) is 6.20 Å². The van der Waals surface area contributed by atoms with Crippen LogP contribution in [0.3, 0.4) is 0 Å². The summed E-state index contributed by atoms with van der Waals surface area (Å²) >= 11 is 0. The molecule has 3 heterocycles. The van der Waals surface area contributed by atoms with E-state index >= 15 is 0 Å². The second kappa shape index (κ2) is 5.23. The summed E-state index contributed by atoms with van der Waals surface area (Å²) in [6.07, 6.45) is 4.63. The van der Waals surface area contributed by atoms with Crippen molar-refractivity contribution < 1.29 is 0 Å². The molecular formula is C17H25N5. The Hall–Kier alpha value is -1.62. The summed E-state index contributed by atoms with van der Waals surface area (Å²) in [5.74, 6) is 3.01. The highest BCUT2D eigenvalue weighted by Crippen LogP contribution is 2.36. The van der Waals surface area contributed by atoms with Crippen molar-refractivity contribution >= 4 is 11.5 Å². The van der Waals surface area contributed by atoms with Crippen molar-refractivity contribution in [1.29, 1.82) is 0 Å². The molecule has 0 spiro atoms. The first kappa shape index (κ1) is 14.0. The summed E-state index contributed by atoms with van der Waals surface area (Å²) in [5, 5.41) is 11.9. The van der Waals surface area contributed by atoms with E-state index in [0.29, 0.717) is 12.0 Å². The maximum atomic E-state index is 4.71. The Labute approximate surface area is 131 Å². The van der Waals surface area contributed by atoms with Gasteiger partial charge in [-0.2, -0.15) is 9.61 Å². The van der Waals surface area contributed by atoms with Gasteiger partial charge >= 0.3 is 0 Å². The molecule has 2 N–H and O–H groups in total.